The first kappa shape index (κ1) is 32.3. The molecule has 4 bridgehead atoms. The van der Waals surface area contributed by atoms with Gasteiger partial charge in [0.15, 0.2) is 5.69 Å². The molecular formula is C32H40N6O6S. The van der Waals surface area contributed by atoms with Gasteiger partial charge in [0.05, 0.1) is 18.6 Å². The number of benzene rings is 1. The van der Waals surface area contributed by atoms with E-state index >= 15 is 0 Å². The van der Waals surface area contributed by atoms with Crippen LogP contribution in [0.4, 0.5) is 0 Å². The van der Waals surface area contributed by atoms with E-state index in [-0.39, 0.29) is 48.1 Å². The number of aromatic nitrogens is 2. The van der Waals surface area contributed by atoms with Crippen LogP contribution < -0.4 is 16.0 Å². The summed E-state index contributed by atoms with van der Waals surface area (Å²) in [7, 11) is 0. The lowest BCUT2D eigenvalue weighted by Gasteiger charge is -2.32. The van der Waals surface area contributed by atoms with E-state index in [9.17, 15) is 19.2 Å². The van der Waals surface area contributed by atoms with Crippen molar-refractivity contribution in [3.05, 3.63) is 69.3 Å². The van der Waals surface area contributed by atoms with Gasteiger partial charge in [0.2, 0.25) is 17.7 Å². The topological polar surface area (TPSA) is 156 Å². The van der Waals surface area contributed by atoms with Crippen LogP contribution in [-0.2, 0) is 20.7 Å². The third-order valence-electron chi connectivity index (χ3n) is 8.07. The maximum absolute atomic E-state index is 13.9. The van der Waals surface area contributed by atoms with Gasteiger partial charge in [0, 0.05) is 31.1 Å². The number of nitrogens with zero attached hydrogens (tertiary/aromatic N) is 3. The summed E-state index contributed by atoms with van der Waals surface area (Å²) in [4.78, 5) is 64.8. The summed E-state index contributed by atoms with van der Waals surface area (Å²) < 4.78 is 11.4. The molecule has 1 aromatic carbocycles. The number of carbonyl (C=O) groups excluding carboxylic acids is 4. The van der Waals surface area contributed by atoms with Crippen molar-refractivity contribution < 1.29 is 28.3 Å². The molecule has 240 valence electrons. The molecule has 3 atom stereocenters. The van der Waals surface area contributed by atoms with Crippen molar-refractivity contribution in [3.8, 4) is 0 Å². The number of aryl methyl sites for hydroxylation is 1. The maximum atomic E-state index is 13.9. The fraction of sp³-hybridized carbons (Fsp3) is 0.500. The summed E-state index contributed by atoms with van der Waals surface area (Å²) >= 11 is 1.26. The highest BCUT2D eigenvalue weighted by Crippen LogP contribution is 2.25. The Balaban J connectivity index is 1.52. The van der Waals surface area contributed by atoms with Crippen LogP contribution in [0.15, 0.2) is 40.1 Å². The molecule has 0 spiro atoms. The number of amides is 4. The molecule has 0 unspecified atom stereocenters. The van der Waals surface area contributed by atoms with Crippen LogP contribution in [0, 0.1) is 18.8 Å². The number of hydrogen-bond acceptors (Lipinski definition) is 9. The Morgan fingerprint density at radius 2 is 1.78 bits per heavy atom. The van der Waals surface area contributed by atoms with E-state index in [1.807, 2.05) is 44.2 Å². The highest BCUT2D eigenvalue weighted by atomic mass is 32.1. The third-order valence-corrected chi connectivity index (χ3v) is 9.10. The highest BCUT2D eigenvalue weighted by molar-refractivity contribution is 7.09. The number of fused-ring (bicyclic) bond motifs is 4. The van der Waals surface area contributed by atoms with Crippen molar-refractivity contribution in [1.29, 1.82) is 0 Å². The fourth-order valence-electron chi connectivity index (χ4n) is 5.60. The molecule has 1 saturated heterocycles. The molecule has 45 heavy (non-hydrogen) atoms. The van der Waals surface area contributed by atoms with Crippen LogP contribution in [0.5, 0.6) is 0 Å². The summed E-state index contributed by atoms with van der Waals surface area (Å²) in [5, 5.41) is 11.1. The second-order valence-electron chi connectivity index (χ2n) is 12.0. The van der Waals surface area contributed by atoms with Gasteiger partial charge in [-0.05, 0) is 44.6 Å². The third kappa shape index (κ3) is 7.95. The van der Waals surface area contributed by atoms with Crippen molar-refractivity contribution in [2.45, 2.75) is 65.1 Å². The number of carbonyl (C=O) groups is 4. The van der Waals surface area contributed by atoms with Gasteiger partial charge in [-0.2, -0.15) is 0 Å². The standard InChI is InChI=1S/C32H40N6O6S/c1-18(2)26-30-37-27(20(4)44-30)29(41)33-19(3)31-35-24(17-45-31)28(40)34-23(14-21-8-6-5-7-9-21)15-38(16-25(39)36-26)32(42)22-10-12-43-13-11-22/h5-9,17-19,22-23,26H,10-16H2,1-4H3,(H,33,41)(H,34,40)(H,36,39)/t19-,23-,26+/m1/s1. The number of rotatable bonds is 4. The fourth-order valence-corrected chi connectivity index (χ4v) is 6.41. The molecule has 2 aromatic heterocycles. The summed E-state index contributed by atoms with van der Waals surface area (Å²) in [6.45, 7) is 8.07. The van der Waals surface area contributed by atoms with Gasteiger partial charge in [-0.15, -0.1) is 11.3 Å². The smallest absolute Gasteiger partial charge is 0.274 e. The van der Waals surface area contributed by atoms with Gasteiger partial charge in [-0.25, -0.2) is 9.97 Å². The van der Waals surface area contributed by atoms with E-state index in [1.54, 1.807) is 19.2 Å². The molecule has 13 heteroatoms. The molecule has 3 N–H and O–H groups in total. The lowest BCUT2D eigenvalue weighted by molar-refractivity contribution is -0.142. The zero-order valence-corrected chi connectivity index (χ0v) is 26.8. The van der Waals surface area contributed by atoms with Crippen molar-refractivity contribution in [1.82, 2.24) is 30.8 Å². The first-order valence-electron chi connectivity index (χ1n) is 15.3. The molecule has 2 aliphatic rings. The highest BCUT2D eigenvalue weighted by Gasteiger charge is 2.33. The number of ether oxygens (including phenoxy) is 1. The van der Waals surface area contributed by atoms with Gasteiger partial charge in [0.1, 0.15) is 22.5 Å². The molecule has 4 heterocycles. The number of hydrogen-bond donors (Lipinski definition) is 3. The molecule has 3 aromatic rings. The lowest BCUT2D eigenvalue weighted by atomic mass is 9.97. The van der Waals surface area contributed by atoms with Crippen LogP contribution in [-0.4, -0.2) is 70.8 Å². The molecular weight excluding hydrogens is 596 g/mol. The molecule has 5 rings (SSSR count). The van der Waals surface area contributed by atoms with Crippen LogP contribution >= 0.6 is 11.3 Å². The molecule has 2 aliphatic heterocycles. The van der Waals surface area contributed by atoms with Crippen LogP contribution in [0.3, 0.4) is 0 Å². The van der Waals surface area contributed by atoms with Gasteiger partial charge >= 0.3 is 0 Å². The predicted molar refractivity (Wildman–Crippen MR) is 166 cm³/mol. The number of nitrogens with one attached hydrogen (secondary N) is 3. The van der Waals surface area contributed by atoms with Crippen molar-refractivity contribution >= 4 is 35.0 Å². The van der Waals surface area contributed by atoms with E-state index in [2.05, 4.69) is 25.9 Å². The Labute approximate surface area is 266 Å². The van der Waals surface area contributed by atoms with E-state index in [0.717, 1.165) is 5.56 Å². The van der Waals surface area contributed by atoms with Crippen molar-refractivity contribution in [3.63, 3.8) is 0 Å². The maximum Gasteiger partial charge on any atom is 0.274 e. The SMILES string of the molecule is Cc1oc2nc1C(=O)N[C@H](C)c1nc(cs1)C(=O)N[C@H](Cc1ccccc1)CN(C(=O)C1CCOCC1)CC(=O)N[C@H]2C(C)C. The molecule has 1 fully saturated rings. The predicted octanol–water partition coefficient (Wildman–Crippen LogP) is 3.35. The van der Waals surface area contributed by atoms with E-state index < -0.39 is 35.8 Å². The summed E-state index contributed by atoms with van der Waals surface area (Å²) in [5.74, 6) is -1.33. The minimum absolute atomic E-state index is 0.104. The van der Waals surface area contributed by atoms with E-state index in [0.29, 0.717) is 43.2 Å². The average Bonchev–Trinajstić information content (AvgIpc) is 3.67. The van der Waals surface area contributed by atoms with Gasteiger partial charge < -0.3 is 30.0 Å². The van der Waals surface area contributed by atoms with Gasteiger partial charge in [-0.3, -0.25) is 19.2 Å². The normalized spacial score (nSPS) is 22.3. The second-order valence-corrected chi connectivity index (χ2v) is 12.9. The first-order chi connectivity index (χ1) is 21.6. The minimum Gasteiger partial charge on any atom is -0.443 e. The largest absolute Gasteiger partial charge is 0.443 e. The van der Waals surface area contributed by atoms with Gasteiger partial charge in [0.25, 0.3) is 11.8 Å². The van der Waals surface area contributed by atoms with Crippen LogP contribution in [0.25, 0.3) is 0 Å². The van der Waals surface area contributed by atoms with Gasteiger partial charge in [-0.1, -0.05) is 44.2 Å². The summed E-state index contributed by atoms with van der Waals surface area (Å²) in [5.41, 5.74) is 1.28. The second kappa shape index (κ2) is 14.3. The lowest BCUT2D eigenvalue weighted by Crippen LogP contribution is -2.52. The van der Waals surface area contributed by atoms with Crippen molar-refractivity contribution in [2.75, 3.05) is 26.3 Å². The Bertz CT molecular complexity index is 1520. The van der Waals surface area contributed by atoms with E-state index in [4.69, 9.17) is 9.15 Å². The Hall–Kier alpha value is -4.10. The molecule has 0 saturated carbocycles. The van der Waals surface area contributed by atoms with Crippen molar-refractivity contribution in [2.24, 2.45) is 11.8 Å². The molecule has 0 aliphatic carbocycles. The van der Waals surface area contributed by atoms with Crippen LogP contribution in [0.1, 0.15) is 88.9 Å². The van der Waals surface area contributed by atoms with E-state index in [1.165, 1.54) is 16.2 Å². The first-order valence-corrected chi connectivity index (χ1v) is 16.2. The zero-order valence-electron chi connectivity index (χ0n) is 26.0. The molecule has 4 amide bonds. The average molecular weight is 637 g/mol. The Morgan fingerprint density at radius 1 is 1.04 bits per heavy atom. The molecule has 0 radical (unpaired) electrons. The molecule has 12 nitrogen and oxygen atoms in total. The number of thiazole rings is 1. The summed E-state index contributed by atoms with van der Waals surface area (Å²) in [6, 6.07) is 8.00. The number of oxazole rings is 1. The quantitative estimate of drug-likeness (QED) is 0.394. The monoisotopic (exact) mass is 636 g/mol. The zero-order chi connectivity index (χ0) is 32.1. The summed E-state index contributed by atoms with van der Waals surface area (Å²) in [6.07, 6.45) is 1.55. The Morgan fingerprint density at radius 3 is 2.49 bits per heavy atom. The van der Waals surface area contributed by atoms with Crippen LogP contribution in [0.2, 0.25) is 0 Å². The Kier molecular flexibility index (Phi) is 10.3. The minimum atomic E-state index is -0.643.